The van der Waals surface area contributed by atoms with Gasteiger partial charge >= 0.3 is 120 Å². The van der Waals surface area contributed by atoms with Crippen LogP contribution in [-0.4, -0.2) is 32.8 Å². The molecule has 0 aliphatic carbocycles. The van der Waals surface area contributed by atoms with Crippen LogP contribution in [0, 0.1) is 19.1 Å². The largest absolute Gasteiger partial charge is 0 e. The molecule has 0 N–H and O–H groups in total. The zero-order valence-electron chi connectivity index (χ0n) is 32.8. The van der Waals surface area contributed by atoms with Gasteiger partial charge in [0.2, 0.25) is 5.71 Å². The van der Waals surface area contributed by atoms with Gasteiger partial charge in [-0.3, -0.25) is 4.98 Å². The van der Waals surface area contributed by atoms with Crippen molar-refractivity contribution in [3.05, 3.63) is 163 Å². The van der Waals surface area contributed by atoms with Crippen molar-refractivity contribution in [3.8, 4) is 39.5 Å². The number of pyridine rings is 2. The predicted octanol–water partition coefficient (Wildman–Crippen LogP) is 12.0. The maximum atomic E-state index is 8.44. The molecule has 1 radical (unpaired) electrons. The standard InChI is InChI=1S/C31H20N3O.C17H22GeN.Ir/c1-20-17-18-25-24-13-8-14-26(29(24)35-31(25)32-20)30-33-27-15-5-6-16-28(27)34(30)23-12-7-11-22(19-23)21-9-3-2-4-10-21;1-13(2)15-11-17(14-9-7-6-8-10-14)19-12-16(15)18(3,4)5;/h2-13,15-19H,1H3;6-9,11-13H,1-5H3;/q2*-1;/i;13D;. The van der Waals surface area contributed by atoms with E-state index in [1.54, 1.807) is 0 Å². The van der Waals surface area contributed by atoms with Crippen LogP contribution in [0.25, 0.3) is 72.6 Å². The molecule has 0 unspecified atom stereocenters. The molecule has 0 aliphatic heterocycles. The van der Waals surface area contributed by atoms with E-state index in [1.165, 1.54) is 9.96 Å². The van der Waals surface area contributed by atoms with Gasteiger partial charge in [0.05, 0.1) is 22.4 Å². The van der Waals surface area contributed by atoms with Crippen LogP contribution in [0.3, 0.4) is 0 Å². The van der Waals surface area contributed by atoms with Gasteiger partial charge in [-0.2, -0.15) is 0 Å². The summed E-state index contributed by atoms with van der Waals surface area (Å²) in [6.45, 7) is 5.88. The van der Waals surface area contributed by atoms with Gasteiger partial charge in [0.1, 0.15) is 0 Å². The first-order valence-electron chi connectivity index (χ1n) is 18.8. The molecule has 0 bridgehead atoms. The van der Waals surface area contributed by atoms with E-state index in [-0.39, 0.29) is 20.1 Å². The summed E-state index contributed by atoms with van der Waals surface area (Å²) in [7, 11) is 0. The molecule has 0 saturated carbocycles. The third kappa shape index (κ3) is 7.72. The summed E-state index contributed by atoms with van der Waals surface area (Å²) in [5.41, 5.74) is 11.5. The quantitative estimate of drug-likeness (QED) is 0.123. The smallest absolute Gasteiger partial charge is 0 e. The topological polar surface area (TPSA) is 56.7 Å². The van der Waals surface area contributed by atoms with E-state index < -0.39 is 19.2 Å². The number of fused-ring (bicyclic) bond motifs is 4. The van der Waals surface area contributed by atoms with E-state index in [4.69, 9.17) is 10.8 Å². The molecule has 0 fully saturated rings. The summed E-state index contributed by atoms with van der Waals surface area (Å²) in [4.78, 5) is 14.3. The van der Waals surface area contributed by atoms with E-state index >= 15 is 0 Å². The van der Waals surface area contributed by atoms with Crippen molar-refractivity contribution in [2.45, 2.75) is 43.9 Å². The number of nitrogens with zero attached hydrogens (tertiary/aromatic N) is 4. The third-order valence-electron chi connectivity index (χ3n) is 9.67. The van der Waals surface area contributed by atoms with Crippen molar-refractivity contribution in [2.24, 2.45) is 0 Å². The summed E-state index contributed by atoms with van der Waals surface area (Å²) in [5, 5.41) is 2.01. The molecule has 0 spiro atoms. The number of aryl methyl sites for hydroxylation is 1. The van der Waals surface area contributed by atoms with Crippen LogP contribution in [0.2, 0.25) is 17.3 Å². The Hall–Kier alpha value is -5.14. The number of furan rings is 1. The molecule has 0 saturated heterocycles. The molecule has 4 heterocycles. The molecule has 9 aromatic rings. The van der Waals surface area contributed by atoms with Crippen molar-refractivity contribution in [3.63, 3.8) is 0 Å². The Labute approximate surface area is 340 Å². The van der Waals surface area contributed by atoms with Crippen LogP contribution in [0.4, 0.5) is 0 Å². The molecule has 9 rings (SSSR count). The van der Waals surface area contributed by atoms with Gasteiger partial charge in [-0.15, -0.1) is 18.2 Å². The summed E-state index contributed by atoms with van der Waals surface area (Å²) in [6, 6.07) is 51.8. The zero-order chi connectivity index (χ0) is 38.3. The first kappa shape index (κ1) is 36.8. The van der Waals surface area contributed by atoms with Crippen molar-refractivity contribution < 1.29 is 25.9 Å². The second kappa shape index (κ2) is 15.9. The molecule has 5 aromatic carbocycles. The Morgan fingerprint density at radius 3 is 2.27 bits per heavy atom. The molecular formula is C48H42GeIrN4O-2. The van der Waals surface area contributed by atoms with Crippen LogP contribution < -0.4 is 4.40 Å². The maximum absolute atomic E-state index is 8.44. The van der Waals surface area contributed by atoms with Crippen LogP contribution in [0.5, 0.6) is 0 Å². The molecule has 0 aliphatic rings. The normalized spacial score (nSPS) is 11.9. The molecule has 4 aromatic heterocycles. The van der Waals surface area contributed by atoms with E-state index in [2.05, 4.69) is 111 Å². The van der Waals surface area contributed by atoms with Gasteiger partial charge in [-0.1, -0.05) is 65.5 Å². The molecular weight excluding hydrogens is 913 g/mol. The second-order valence-electron chi connectivity index (χ2n) is 14.8. The molecule has 0 atom stereocenters. The minimum Gasteiger partial charge on any atom is 0 e. The third-order valence-corrected chi connectivity index (χ3v) is 13.9. The fourth-order valence-electron chi connectivity index (χ4n) is 6.96. The van der Waals surface area contributed by atoms with Gasteiger partial charge in [-0.05, 0) is 54.4 Å². The van der Waals surface area contributed by atoms with Gasteiger partial charge < -0.3 is 8.98 Å². The Bertz CT molecular complexity index is 2800. The minimum absolute atomic E-state index is 0. The molecule has 55 heavy (non-hydrogen) atoms. The van der Waals surface area contributed by atoms with E-state index in [0.29, 0.717) is 5.71 Å². The summed E-state index contributed by atoms with van der Waals surface area (Å²) in [5.74, 6) is 7.24. The number of benzene rings is 5. The summed E-state index contributed by atoms with van der Waals surface area (Å²) < 4.78 is 18.3. The van der Waals surface area contributed by atoms with E-state index in [9.17, 15) is 0 Å². The Morgan fingerprint density at radius 1 is 0.745 bits per heavy atom. The first-order chi connectivity index (χ1) is 26.5. The van der Waals surface area contributed by atoms with Crippen molar-refractivity contribution in [1.29, 1.82) is 0 Å². The van der Waals surface area contributed by atoms with E-state index in [1.807, 2.05) is 93.7 Å². The summed E-state index contributed by atoms with van der Waals surface area (Å²) >= 11 is -2.03. The average molecular weight is 957 g/mol. The number of hydrogen-bond donors (Lipinski definition) is 0. The zero-order valence-corrected chi connectivity index (χ0v) is 36.3. The number of para-hydroxylation sites is 2. The van der Waals surface area contributed by atoms with Crippen LogP contribution in [0.15, 0.2) is 144 Å². The SMILES string of the molecule is Cc1ccc2c(n1)oc1c(-c3nc4ccccc4n3-c3cccc(-c4ccccc4)c3)[c-]ccc12.[2H]C(C)(C)c1cc(-c2[c-]cccc2)nc[c]1[Ge]([CH3])([CH3])[CH3].[Ir]. The van der Waals surface area contributed by atoms with Crippen molar-refractivity contribution in [1.82, 2.24) is 19.5 Å². The second-order valence-corrected chi connectivity index (χ2v) is 25.4. The van der Waals surface area contributed by atoms with Crippen LogP contribution in [-0.2, 0) is 20.1 Å². The number of rotatable bonds is 6. The Morgan fingerprint density at radius 2 is 1.51 bits per heavy atom. The van der Waals surface area contributed by atoms with Gasteiger partial charge in [-0.25, -0.2) is 4.98 Å². The van der Waals surface area contributed by atoms with Crippen LogP contribution in [0.1, 0.15) is 32.4 Å². The van der Waals surface area contributed by atoms with E-state index in [0.717, 1.165) is 72.5 Å². The molecule has 7 heteroatoms. The Kier molecular flexibility index (Phi) is 10.7. The number of hydrogen-bond acceptors (Lipinski definition) is 4. The fraction of sp³-hybridized carbons (Fsp3) is 0.146. The predicted molar refractivity (Wildman–Crippen MR) is 226 cm³/mol. The average Bonchev–Trinajstić information content (AvgIpc) is 3.76. The minimum atomic E-state index is -2.03. The van der Waals surface area contributed by atoms with Gasteiger partial charge in [0.25, 0.3) is 0 Å². The van der Waals surface area contributed by atoms with Crippen LogP contribution >= 0.6 is 0 Å². The molecule has 275 valence electrons. The maximum Gasteiger partial charge on any atom is 0 e. The number of aromatic nitrogens is 4. The van der Waals surface area contributed by atoms with Crippen molar-refractivity contribution in [2.75, 3.05) is 0 Å². The molecule has 0 amide bonds. The van der Waals surface area contributed by atoms with Gasteiger partial charge in [0, 0.05) is 36.9 Å². The monoisotopic (exact) mass is 958 g/mol. The fourth-order valence-corrected chi connectivity index (χ4v) is 10.3. The molecule has 5 nitrogen and oxygen atoms in total. The van der Waals surface area contributed by atoms with Crippen molar-refractivity contribution >= 4 is 50.8 Å². The summed E-state index contributed by atoms with van der Waals surface area (Å²) in [6.07, 6.45) is 2.00. The Balaban J connectivity index is 0.000000197. The first-order valence-corrected chi connectivity index (χ1v) is 25.6. The van der Waals surface area contributed by atoms with Gasteiger partial charge in [0.15, 0.2) is 0 Å². The number of imidazole rings is 1.